The zero-order chi connectivity index (χ0) is 18.8. The number of nitrogens with zero attached hydrogens (tertiary/aromatic N) is 3. The average Bonchev–Trinajstić information content (AvgIpc) is 2.78. The normalized spacial score (nSPS) is 17.1. The van der Waals surface area contributed by atoms with Gasteiger partial charge in [-0.25, -0.2) is 0 Å². The molecule has 0 amide bonds. The lowest BCUT2D eigenvalue weighted by Gasteiger charge is -2.27. The van der Waals surface area contributed by atoms with Gasteiger partial charge in [-0.3, -0.25) is 5.43 Å². The van der Waals surface area contributed by atoms with Gasteiger partial charge in [-0.05, 0) is 17.7 Å². The Morgan fingerprint density at radius 3 is 2.61 bits per heavy atom. The Morgan fingerprint density at radius 1 is 0.893 bits per heavy atom. The van der Waals surface area contributed by atoms with E-state index in [1.54, 1.807) is 6.20 Å². The van der Waals surface area contributed by atoms with Gasteiger partial charge in [0, 0.05) is 22.8 Å². The maximum Gasteiger partial charge on any atom is 0.176 e. The van der Waals surface area contributed by atoms with E-state index in [-0.39, 0.29) is 6.10 Å². The molecule has 1 aromatic heterocycles. The number of anilines is 1. The first-order valence-electron chi connectivity index (χ1n) is 9.22. The predicted octanol–water partition coefficient (Wildman–Crippen LogP) is 4.97. The third kappa shape index (κ3) is 3.07. The molecule has 3 aromatic carbocycles. The van der Waals surface area contributed by atoms with Crippen molar-refractivity contribution in [2.24, 2.45) is 5.10 Å². The Hall–Kier alpha value is -3.73. The van der Waals surface area contributed by atoms with E-state index < -0.39 is 0 Å². The van der Waals surface area contributed by atoms with Crippen LogP contribution in [0.2, 0.25) is 0 Å². The molecule has 1 atom stereocenters. The predicted molar refractivity (Wildman–Crippen MR) is 111 cm³/mol. The summed E-state index contributed by atoms with van der Waals surface area (Å²) in [6.45, 7) is 0. The van der Waals surface area contributed by atoms with Crippen LogP contribution in [-0.2, 0) is 0 Å². The summed E-state index contributed by atoms with van der Waals surface area (Å²) in [4.78, 5) is 0. The smallest absolute Gasteiger partial charge is 0.176 e. The maximum absolute atomic E-state index is 6.23. The highest BCUT2D eigenvalue weighted by atomic mass is 16.5. The summed E-state index contributed by atoms with van der Waals surface area (Å²) in [5, 5.41) is 15.0. The number of nitrogens with one attached hydrogen (secondary N) is 1. The van der Waals surface area contributed by atoms with Crippen molar-refractivity contribution in [1.82, 2.24) is 10.2 Å². The zero-order valence-electron chi connectivity index (χ0n) is 15.1. The number of hydrazone groups is 1. The first-order chi connectivity index (χ1) is 13.9. The molecule has 2 heterocycles. The molecule has 1 aliphatic heterocycles. The minimum absolute atomic E-state index is 0.0738. The van der Waals surface area contributed by atoms with Crippen LogP contribution < -0.4 is 10.2 Å². The van der Waals surface area contributed by atoms with E-state index >= 15 is 0 Å². The molecule has 0 saturated carbocycles. The summed E-state index contributed by atoms with van der Waals surface area (Å²) in [6, 6.07) is 26.2. The molecular formula is C23H18N4O. The first kappa shape index (κ1) is 16.4. The van der Waals surface area contributed by atoms with E-state index in [4.69, 9.17) is 9.84 Å². The monoisotopic (exact) mass is 366 g/mol. The number of hydrogen-bond acceptors (Lipinski definition) is 5. The Balaban J connectivity index is 1.52. The van der Waals surface area contributed by atoms with Gasteiger partial charge in [-0.2, -0.15) is 10.2 Å². The van der Waals surface area contributed by atoms with Crippen molar-refractivity contribution in [1.29, 1.82) is 0 Å². The number of hydrogen-bond donors (Lipinski definition) is 1. The highest BCUT2D eigenvalue weighted by Crippen LogP contribution is 2.35. The summed E-state index contributed by atoms with van der Waals surface area (Å²) in [5.74, 6) is 1.48. The standard InChI is InChI=1S/C23H18N4O/c1-2-8-16(9-3-1)22-14-20(19-12-6-7-13-21(19)28-22)25-27-23-18-11-5-4-10-17(18)15-24-26-23/h1-13,15,22H,14H2,(H,26,27)/t22-/m1/s1. The molecule has 5 rings (SSSR count). The van der Waals surface area contributed by atoms with E-state index in [9.17, 15) is 0 Å². The molecule has 0 bridgehead atoms. The number of rotatable bonds is 3. The summed E-state index contributed by atoms with van der Waals surface area (Å²) in [7, 11) is 0. The van der Waals surface area contributed by atoms with Crippen LogP contribution >= 0.6 is 0 Å². The highest BCUT2D eigenvalue weighted by Gasteiger charge is 2.26. The van der Waals surface area contributed by atoms with Gasteiger partial charge in [0.2, 0.25) is 0 Å². The molecule has 0 saturated heterocycles. The Kier molecular flexibility index (Phi) is 4.18. The van der Waals surface area contributed by atoms with Crippen molar-refractivity contribution in [3.05, 3.63) is 96.2 Å². The van der Waals surface area contributed by atoms with Crippen molar-refractivity contribution in [3.63, 3.8) is 0 Å². The molecule has 0 aliphatic carbocycles. The summed E-state index contributed by atoms with van der Waals surface area (Å²) in [5.41, 5.74) is 6.19. The number of benzene rings is 3. The molecule has 1 aliphatic rings. The molecule has 0 radical (unpaired) electrons. The van der Waals surface area contributed by atoms with E-state index in [0.29, 0.717) is 12.2 Å². The molecule has 0 fully saturated rings. The lowest BCUT2D eigenvalue weighted by Crippen LogP contribution is -2.22. The highest BCUT2D eigenvalue weighted by molar-refractivity contribution is 6.04. The van der Waals surface area contributed by atoms with Crippen LogP contribution in [0.1, 0.15) is 23.7 Å². The quantitative estimate of drug-likeness (QED) is 0.520. The van der Waals surface area contributed by atoms with Crippen LogP contribution in [0.15, 0.2) is 90.2 Å². The lowest BCUT2D eigenvalue weighted by atomic mass is 9.96. The van der Waals surface area contributed by atoms with Crippen molar-refractivity contribution >= 4 is 22.3 Å². The Labute approximate surface area is 162 Å². The van der Waals surface area contributed by atoms with Gasteiger partial charge in [0.1, 0.15) is 11.9 Å². The summed E-state index contributed by atoms with van der Waals surface area (Å²) >= 11 is 0. The number of aromatic nitrogens is 2. The van der Waals surface area contributed by atoms with Gasteiger partial charge < -0.3 is 4.74 Å². The molecule has 5 heteroatoms. The second-order valence-corrected chi connectivity index (χ2v) is 6.67. The third-order valence-corrected chi connectivity index (χ3v) is 4.88. The number of para-hydroxylation sites is 1. The van der Waals surface area contributed by atoms with Gasteiger partial charge in [0.05, 0.1) is 11.9 Å². The van der Waals surface area contributed by atoms with E-state index in [1.807, 2.05) is 66.7 Å². The molecular weight excluding hydrogens is 348 g/mol. The molecule has 1 N–H and O–H groups in total. The topological polar surface area (TPSA) is 59.4 Å². The van der Waals surface area contributed by atoms with Gasteiger partial charge >= 0.3 is 0 Å². The minimum atomic E-state index is -0.0738. The van der Waals surface area contributed by atoms with E-state index in [1.165, 1.54) is 0 Å². The van der Waals surface area contributed by atoms with Crippen LogP contribution in [-0.4, -0.2) is 15.9 Å². The summed E-state index contributed by atoms with van der Waals surface area (Å²) in [6.07, 6.45) is 2.35. The zero-order valence-corrected chi connectivity index (χ0v) is 15.1. The van der Waals surface area contributed by atoms with Crippen LogP contribution in [0.25, 0.3) is 10.8 Å². The second kappa shape index (κ2) is 7.12. The summed E-state index contributed by atoms with van der Waals surface area (Å²) < 4.78 is 6.23. The lowest BCUT2D eigenvalue weighted by molar-refractivity contribution is 0.206. The van der Waals surface area contributed by atoms with Gasteiger partial charge in [0.25, 0.3) is 0 Å². The minimum Gasteiger partial charge on any atom is -0.485 e. The third-order valence-electron chi connectivity index (χ3n) is 4.88. The average molecular weight is 366 g/mol. The second-order valence-electron chi connectivity index (χ2n) is 6.67. The van der Waals surface area contributed by atoms with Crippen LogP contribution in [0.4, 0.5) is 5.82 Å². The largest absolute Gasteiger partial charge is 0.485 e. The van der Waals surface area contributed by atoms with Crippen molar-refractivity contribution in [2.45, 2.75) is 12.5 Å². The van der Waals surface area contributed by atoms with Gasteiger partial charge in [-0.15, -0.1) is 5.10 Å². The molecule has 5 nitrogen and oxygen atoms in total. The SMILES string of the molecule is c1ccc([C@H]2CC(=NNc3nncc4ccccc34)c3ccccc3O2)cc1. The van der Waals surface area contributed by atoms with Crippen molar-refractivity contribution in [3.8, 4) is 5.75 Å². The molecule has 0 spiro atoms. The van der Waals surface area contributed by atoms with Gasteiger partial charge in [0.15, 0.2) is 5.82 Å². The Bertz CT molecular complexity index is 1150. The van der Waals surface area contributed by atoms with Gasteiger partial charge in [-0.1, -0.05) is 66.7 Å². The first-order valence-corrected chi connectivity index (χ1v) is 9.22. The number of ether oxygens (including phenoxy) is 1. The number of fused-ring (bicyclic) bond motifs is 2. The van der Waals surface area contributed by atoms with Crippen LogP contribution in [0.3, 0.4) is 0 Å². The Morgan fingerprint density at radius 2 is 1.68 bits per heavy atom. The maximum atomic E-state index is 6.23. The van der Waals surface area contributed by atoms with E-state index in [2.05, 4.69) is 27.8 Å². The van der Waals surface area contributed by atoms with Crippen LogP contribution in [0, 0.1) is 0 Å². The van der Waals surface area contributed by atoms with E-state index in [0.717, 1.165) is 33.4 Å². The molecule has 0 unspecified atom stereocenters. The fourth-order valence-corrected chi connectivity index (χ4v) is 3.48. The van der Waals surface area contributed by atoms with Crippen molar-refractivity contribution < 1.29 is 4.74 Å². The fourth-order valence-electron chi connectivity index (χ4n) is 3.48. The molecule has 28 heavy (non-hydrogen) atoms. The van der Waals surface area contributed by atoms with Crippen molar-refractivity contribution in [2.75, 3.05) is 5.43 Å². The fraction of sp³-hybridized carbons (Fsp3) is 0.0870. The van der Waals surface area contributed by atoms with Crippen LogP contribution in [0.5, 0.6) is 5.75 Å². The molecule has 136 valence electrons. The molecule has 4 aromatic rings.